The van der Waals surface area contributed by atoms with Crippen molar-refractivity contribution in [3.63, 3.8) is 0 Å². The van der Waals surface area contributed by atoms with Crippen LogP contribution in [0.15, 0.2) is 48.5 Å². The molecule has 7 heteroatoms. The van der Waals surface area contributed by atoms with Gasteiger partial charge in [0.25, 0.3) is 11.8 Å². The zero-order valence-corrected chi connectivity index (χ0v) is 16.0. The first-order valence-electron chi connectivity index (χ1n) is 9.14. The molecule has 2 aromatic rings. The summed E-state index contributed by atoms with van der Waals surface area (Å²) in [5.41, 5.74) is 0.766. The summed E-state index contributed by atoms with van der Waals surface area (Å²) in [6.07, 6.45) is 0.331. The third kappa shape index (κ3) is 6.35. The van der Waals surface area contributed by atoms with E-state index in [0.717, 1.165) is 0 Å². The Bertz CT molecular complexity index is 780. The first-order chi connectivity index (χ1) is 13.5. The quantitative estimate of drug-likeness (QED) is 0.612. The monoisotopic (exact) mass is 388 g/mol. The van der Waals surface area contributed by atoms with Gasteiger partial charge in [-0.2, -0.15) is 0 Å². The topological polar surface area (TPSA) is 76.7 Å². The van der Waals surface area contributed by atoms with E-state index in [1.54, 1.807) is 31.4 Å². The van der Waals surface area contributed by atoms with E-state index < -0.39 is 6.10 Å². The van der Waals surface area contributed by atoms with E-state index in [1.807, 2.05) is 6.92 Å². The number of nitrogens with one attached hydrogen (secondary N) is 2. The Balaban J connectivity index is 2.03. The number of amides is 2. The molecule has 0 radical (unpaired) electrons. The molecule has 0 aliphatic rings. The highest BCUT2D eigenvalue weighted by Gasteiger charge is 2.21. The van der Waals surface area contributed by atoms with Gasteiger partial charge in [0.15, 0.2) is 6.10 Å². The highest BCUT2D eigenvalue weighted by Crippen LogP contribution is 2.18. The lowest BCUT2D eigenvalue weighted by Crippen LogP contribution is -2.33. The lowest BCUT2D eigenvalue weighted by atomic mass is 10.1. The van der Waals surface area contributed by atoms with Gasteiger partial charge in [-0.05, 0) is 49.2 Å². The van der Waals surface area contributed by atoms with Crippen LogP contribution in [0.25, 0.3) is 0 Å². The van der Waals surface area contributed by atoms with Crippen molar-refractivity contribution in [2.75, 3.05) is 25.6 Å². The number of halogens is 1. The maximum atomic E-state index is 13.0. The lowest BCUT2D eigenvalue weighted by Gasteiger charge is -2.18. The van der Waals surface area contributed by atoms with Gasteiger partial charge in [0.05, 0.1) is 11.3 Å². The van der Waals surface area contributed by atoms with Crippen LogP contribution in [0.2, 0.25) is 0 Å². The Labute approximate surface area is 164 Å². The van der Waals surface area contributed by atoms with Crippen molar-refractivity contribution in [2.45, 2.75) is 25.9 Å². The maximum Gasteiger partial charge on any atom is 0.265 e. The zero-order chi connectivity index (χ0) is 20.4. The van der Waals surface area contributed by atoms with Crippen molar-refractivity contribution in [2.24, 2.45) is 0 Å². The number of ether oxygens (including phenoxy) is 2. The first-order valence-corrected chi connectivity index (χ1v) is 9.14. The van der Waals surface area contributed by atoms with Gasteiger partial charge >= 0.3 is 0 Å². The minimum atomic E-state index is -0.775. The average Bonchev–Trinajstić information content (AvgIpc) is 2.71. The molecule has 28 heavy (non-hydrogen) atoms. The molecule has 1 atom stereocenters. The molecule has 0 aliphatic carbocycles. The number of methoxy groups -OCH3 is 1. The summed E-state index contributed by atoms with van der Waals surface area (Å²) in [7, 11) is 1.60. The fourth-order valence-corrected chi connectivity index (χ4v) is 2.52. The van der Waals surface area contributed by atoms with E-state index >= 15 is 0 Å². The van der Waals surface area contributed by atoms with Gasteiger partial charge in [-0.25, -0.2) is 4.39 Å². The van der Waals surface area contributed by atoms with Crippen LogP contribution in [0.5, 0.6) is 5.75 Å². The van der Waals surface area contributed by atoms with Gasteiger partial charge in [0.2, 0.25) is 0 Å². The molecule has 2 N–H and O–H groups in total. The van der Waals surface area contributed by atoms with Gasteiger partial charge in [0.1, 0.15) is 11.6 Å². The number of hydrogen-bond donors (Lipinski definition) is 2. The van der Waals surface area contributed by atoms with Crippen molar-refractivity contribution < 1.29 is 23.5 Å². The summed E-state index contributed by atoms with van der Waals surface area (Å²) in [4.78, 5) is 25.0. The van der Waals surface area contributed by atoms with Crippen LogP contribution in [-0.2, 0) is 9.53 Å². The summed E-state index contributed by atoms with van der Waals surface area (Å²) in [6.45, 7) is 2.83. The van der Waals surface area contributed by atoms with Crippen LogP contribution in [-0.4, -0.2) is 38.2 Å². The van der Waals surface area contributed by atoms with Crippen molar-refractivity contribution >= 4 is 17.5 Å². The predicted octanol–water partition coefficient (Wildman–Crippen LogP) is 3.39. The molecule has 0 bridgehead atoms. The molecule has 0 saturated heterocycles. The molecule has 150 valence electrons. The fraction of sp³-hybridized carbons (Fsp3) is 0.333. The molecule has 2 amide bonds. The highest BCUT2D eigenvalue weighted by molar-refractivity contribution is 6.04. The second kappa shape index (κ2) is 11.0. The van der Waals surface area contributed by atoms with Gasteiger partial charge in [-0.15, -0.1) is 0 Å². The van der Waals surface area contributed by atoms with E-state index in [2.05, 4.69) is 10.6 Å². The number of rotatable bonds is 10. The number of anilines is 1. The number of benzene rings is 2. The Hall–Kier alpha value is -2.93. The summed E-state index contributed by atoms with van der Waals surface area (Å²) in [5.74, 6) is -0.645. The Morgan fingerprint density at radius 3 is 2.50 bits per heavy atom. The van der Waals surface area contributed by atoms with E-state index in [9.17, 15) is 14.0 Å². The van der Waals surface area contributed by atoms with Crippen LogP contribution in [0.4, 0.5) is 10.1 Å². The number of hydrogen-bond acceptors (Lipinski definition) is 4. The molecule has 0 saturated carbocycles. The smallest absolute Gasteiger partial charge is 0.265 e. The van der Waals surface area contributed by atoms with Crippen LogP contribution in [0, 0.1) is 5.82 Å². The molecular formula is C21H25FN2O4. The minimum absolute atomic E-state index is 0.278. The minimum Gasteiger partial charge on any atom is -0.481 e. The fourth-order valence-electron chi connectivity index (χ4n) is 2.52. The molecule has 0 spiro atoms. The molecule has 0 fully saturated rings. The van der Waals surface area contributed by atoms with Crippen LogP contribution in [0.3, 0.4) is 0 Å². The van der Waals surface area contributed by atoms with Crippen LogP contribution < -0.4 is 15.4 Å². The molecule has 0 aliphatic heterocycles. The standard InChI is InChI=1S/C21H25FN2O4/c1-3-19(28-16-11-9-15(22)10-12-16)21(26)24-18-8-5-4-7-17(18)20(25)23-13-6-14-27-2/h4-5,7-12,19H,3,6,13-14H2,1-2H3,(H,23,25)(H,24,26)/t19-/m0/s1. The number of carbonyl (C=O) groups excluding carboxylic acids is 2. The summed E-state index contributed by atoms with van der Waals surface area (Å²) in [6, 6.07) is 12.2. The molecule has 2 aromatic carbocycles. The first kappa shape index (κ1) is 21.4. The Kier molecular flexibility index (Phi) is 8.42. The third-order valence-electron chi connectivity index (χ3n) is 4.00. The van der Waals surface area contributed by atoms with Crippen LogP contribution >= 0.6 is 0 Å². The van der Waals surface area contributed by atoms with Crippen molar-refractivity contribution in [1.82, 2.24) is 5.32 Å². The van der Waals surface area contributed by atoms with Crippen LogP contribution in [0.1, 0.15) is 30.1 Å². The molecular weight excluding hydrogens is 363 g/mol. The number of para-hydroxylation sites is 1. The van der Waals surface area contributed by atoms with Crippen molar-refractivity contribution in [1.29, 1.82) is 0 Å². The van der Waals surface area contributed by atoms with Crippen molar-refractivity contribution in [3.05, 3.63) is 59.9 Å². The average molecular weight is 388 g/mol. The molecule has 2 rings (SSSR count). The van der Waals surface area contributed by atoms with E-state index in [4.69, 9.17) is 9.47 Å². The maximum absolute atomic E-state index is 13.0. The summed E-state index contributed by atoms with van der Waals surface area (Å²) in [5, 5.41) is 5.55. The van der Waals surface area contributed by atoms with Gasteiger partial charge in [0, 0.05) is 20.3 Å². The Morgan fingerprint density at radius 2 is 1.82 bits per heavy atom. The lowest BCUT2D eigenvalue weighted by molar-refractivity contribution is -0.122. The summed E-state index contributed by atoms with van der Waals surface area (Å²) < 4.78 is 23.6. The summed E-state index contributed by atoms with van der Waals surface area (Å²) >= 11 is 0. The Morgan fingerprint density at radius 1 is 1.11 bits per heavy atom. The van der Waals surface area contributed by atoms with Gasteiger partial charge < -0.3 is 20.1 Å². The van der Waals surface area contributed by atoms with Gasteiger partial charge in [-0.1, -0.05) is 19.1 Å². The number of carbonyl (C=O) groups is 2. The van der Waals surface area contributed by atoms with E-state index in [0.29, 0.717) is 43.0 Å². The third-order valence-corrected chi connectivity index (χ3v) is 4.00. The molecule has 6 nitrogen and oxygen atoms in total. The normalized spacial score (nSPS) is 11.5. The van der Waals surface area contributed by atoms with Crippen molar-refractivity contribution in [3.8, 4) is 5.75 Å². The SMILES string of the molecule is CC[C@H](Oc1ccc(F)cc1)C(=O)Nc1ccccc1C(=O)NCCCOC. The molecule has 0 heterocycles. The largest absolute Gasteiger partial charge is 0.481 e. The van der Waals surface area contributed by atoms with Gasteiger partial charge in [-0.3, -0.25) is 9.59 Å². The second-order valence-corrected chi connectivity index (χ2v) is 6.11. The second-order valence-electron chi connectivity index (χ2n) is 6.11. The van der Waals surface area contributed by atoms with E-state index in [1.165, 1.54) is 24.3 Å². The molecule has 0 unspecified atom stereocenters. The van der Waals surface area contributed by atoms with E-state index in [-0.39, 0.29) is 17.6 Å². The predicted molar refractivity (Wildman–Crippen MR) is 105 cm³/mol. The molecule has 0 aromatic heterocycles. The zero-order valence-electron chi connectivity index (χ0n) is 16.0. The highest BCUT2D eigenvalue weighted by atomic mass is 19.1.